The number of nitriles is 1. The van der Waals surface area contributed by atoms with Gasteiger partial charge in [-0.25, -0.2) is 0 Å². The molecule has 1 aliphatic rings. The van der Waals surface area contributed by atoms with Crippen LogP contribution >= 0.6 is 0 Å². The van der Waals surface area contributed by atoms with Crippen molar-refractivity contribution in [1.82, 2.24) is 19.4 Å². The smallest absolute Gasteiger partial charge is 0.382 e. The third kappa shape index (κ3) is 7.93. The van der Waals surface area contributed by atoms with E-state index in [0.29, 0.717) is 22.6 Å². The summed E-state index contributed by atoms with van der Waals surface area (Å²) in [7, 11) is 4.15. The molecule has 1 saturated heterocycles. The highest BCUT2D eigenvalue weighted by atomic mass is 19.4. The Labute approximate surface area is 240 Å². The highest BCUT2D eigenvalue weighted by Crippen LogP contribution is 2.31. The number of alkyl halides is 3. The molecule has 1 aromatic carbocycles. The molecule has 3 aromatic rings. The van der Waals surface area contributed by atoms with Crippen molar-refractivity contribution in [2.45, 2.75) is 50.9 Å². The number of rotatable bonds is 9. The normalized spacial score (nSPS) is 15.0. The third-order valence-electron chi connectivity index (χ3n) is 7.36. The molecule has 0 aliphatic carbocycles. The van der Waals surface area contributed by atoms with Crippen LogP contribution in [0.2, 0.25) is 0 Å². The van der Waals surface area contributed by atoms with Crippen LogP contribution in [0.1, 0.15) is 38.1 Å². The molecule has 2 aromatic heterocycles. The molecule has 41 heavy (non-hydrogen) atoms. The van der Waals surface area contributed by atoms with Crippen molar-refractivity contribution in [2.24, 2.45) is 0 Å². The average molecular weight is 566 g/mol. The van der Waals surface area contributed by atoms with Gasteiger partial charge < -0.3 is 25.0 Å². The standard InChI is InChI=1S/C31H38F3N7/c1-30(2,21-35)29-27(10-7-15-37-29)36-14-6-8-24-20-25-26(9-5-11-28(25)41(24)22-31(32,33)34)38-23-12-16-40(17-13-23)19-18-39(3)4/h5,7,9-11,15,20,23,36,38H,12-14,16-19,22H2,1-4H3. The topological polar surface area (TPSA) is 72.2 Å². The molecule has 1 aliphatic heterocycles. The molecule has 0 atom stereocenters. The van der Waals surface area contributed by atoms with Gasteiger partial charge in [0.25, 0.3) is 0 Å². The molecule has 3 heterocycles. The number of aromatic nitrogens is 2. The van der Waals surface area contributed by atoms with Gasteiger partial charge in [-0.3, -0.25) is 4.98 Å². The van der Waals surface area contributed by atoms with E-state index in [2.05, 4.69) is 57.4 Å². The maximum atomic E-state index is 13.6. The summed E-state index contributed by atoms with van der Waals surface area (Å²) >= 11 is 0. The van der Waals surface area contributed by atoms with Gasteiger partial charge in [0.15, 0.2) is 0 Å². The number of hydrogen-bond donors (Lipinski definition) is 2. The van der Waals surface area contributed by atoms with Crippen LogP contribution in [0.4, 0.5) is 24.5 Å². The minimum Gasteiger partial charge on any atom is -0.382 e. The van der Waals surface area contributed by atoms with E-state index in [0.717, 1.165) is 50.1 Å². The van der Waals surface area contributed by atoms with Crippen molar-refractivity contribution in [3.8, 4) is 17.9 Å². The molecule has 0 saturated carbocycles. The fourth-order valence-electron chi connectivity index (χ4n) is 5.10. The van der Waals surface area contributed by atoms with Crippen LogP contribution in [0.25, 0.3) is 10.9 Å². The summed E-state index contributed by atoms with van der Waals surface area (Å²) in [6.07, 6.45) is -0.813. The Kier molecular flexibility index (Phi) is 9.47. The zero-order valence-corrected chi connectivity index (χ0v) is 24.1. The summed E-state index contributed by atoms with van der Waals surface area (Å²) in [5, 5.41) is 17.0. The van der Waals surface area contributed by atoms with E-state index in [-0.39, 0.29) is 12.6 Å². The van der Waals surface area contributed by atoms with Crippen LogP contribution in [0.3, 0.4) is 0 Å². The van der Waals surface area contributed by atoms with Crippen molar-refractivity contribution >= 4 is 22.3 Å². The Morgan fingerprint density at radius 3 is 2.51 bits per heavy atom. The molecule has 1 fully saturated rings. The average Bonchev–Trinajstić information content (AvgIpc) is 3.27. The van der Waals surface area contributed by atoms with Gasteiger partial charge in [0.2, 0.25) is 0 Å². The fourth-order valence-corrected chi connectivity index (χ4v) is 5.10. The highest BCUT2D eigenvalue weighted by molar-refractivity contribution is 5.94. The number of likely N-dealkylation sites (N-methyl/N-ethyl adjacent to an activating group) is 1. The Hall–Kier alpha value is -3.73. The first-order valence-electron chi connectivity index (χ1n) is 13.9. The number of pyridine rings is 1. The predicted octanol–water partition coefficient (Wildman–Crippen LogP) is 5.30. The van der Waals surface area contributed by atoms with E-state index in [9.17, 15) is 18.4 Å². The Balaban J connectivity index is 1.53. The van der Waals surface area contributed by atoms with Crippen LogP contribution in [-0.4, -0.2) is 78.4 Å². The number of halogens is 3. The first-order valence-corrected chi connectivity index (χ1v) is 13.9. The molecule has 0 unspecified atom stereocenters. The van der Waals surface area contributed by atoms with Crippen LogP contribution in [0, 0.1) is 23.2 Å². The summed E-state index contributed by atoms with van der Waals surface area (Å²) in [6, 6.07) is 13.3. The summed E-state index contributed by atoms with van der Waals surface area (Å²) in [6.45, 7) is 6.66. The third-order valence-corrected chi connectivity index (χ3v) is 7.36. The van der Waals surface area contributed by atoms with Gasteiger partial charge in [0, 0.05) is 49.5 Å². The molecule has 10 heteroatoms. The van der Waals surface area contributed by atoms with Crippen molar-refractivity contribution in [2.75, 3.05) is 57.5 Å². The number of likely N-dealkylation sites (tertiary alicyclic amines) is 1. The predicted molar refractivity (Wildman–Crippen MR) is 158 cm³/mol. The van der Waals surface area contributed by atoms with E-state index in [1.54, 1.807) is 44.3 Å². The lowest BCUT2D eigenvalue weighted by molar-refractivity contribution is -0.140. The van der Waals surface area contributed by atoms with Gasteiger partial charge in [-0.2, -0.15) is 18.4 Å². The number of piperidine rings is 1. The first-order chi connectivity index (χ1) is 19.5. The molecule has 0 amide bonds. The van der Waals surface area contributed by atoms with E-state index in [4.69, 9.17) is 0 Å². The molecule has 4 rings (SSSR count). The molecule has 0 radical (unpaired) electrons. The Bertz CT molecular complexity index is 1430. The maximum absolute atomic E-state index is 13.6. The summed E-state index contributed by atoms with van der Waals surface area (Å²) < 4.78 is 42.1. The van der Waals surface area contributed by atoms with Crippen molar-refractivity contribution in [1.29, 1.82) is 5.26 Å². The van der Waals surface area contributed by atoms with Crippen LogP contribution in [0.5, 0.6) is 0 Å². The largest absolute Gasteiger partial charge is 0.406 e. The number of nitrogens with zero attached hydrogens (tertiary/aromatic N) is 5. The van der Waals surface area contributed by atoms with Crippen LogP contribution in [0.15, 0.2) is 42.6 Å². The molecule has 0 spiro atoms. The number of benzene rings is 1. The van der Waals surface area contributed by atoms with E-state index in [1.807, 2.05) is 12.1 Å². The second kappa shape index (κ2) is 12.8. The molecule has 2 N–H and O–H groups in total. The number of nitrogens with one attached hydrogen (secondary N) is 2. The minimum atomic E-state index is -4.39. The van der Waals surface area contributed by atoms with Crippen molar-refractivity contribution in [3.05, 3.63) is 54.0 Å². The van der Waals surface area contributed by atoms with Crippen molar-refractivity contribution < 1.29 is 13.2 Å². The molecule has 7 nitrogen and oxygen atoms in total. The quantitative estimate of drug-likeness (QED) is 0.343. The highest BCUT2D eigenvalue weighted by Gasteiger charge is 2.30. The fraction of sp³-hybridized carbons (Fsp3) is 0.484. The maximum Gasteiger partial charge on any atom is 0.406 e. The molecule has 218 valence electrons. The number of fused-ring (bicyclic) bond motifs is 1. The Morgan fingerprint density at radius 1 is 1.10 bits per heavy atom. The zero-order chi connectivity index (χ0) is 29.6. The number of hydrogen-bond acceptors (Lipinski definition) is 6. The first kappa shape index (κ1) is 30.2. The monoisotopic (exact) mass is 565 g/mol. The van der Waals surface area contributed by atoms with Gasteiger partial charge in [-0.1, -0.05) is 12.0 Å². The minimum absolute atomic E-state index is 0.186. The SMILES string of the molecule is CN(C)CCN1CCC(Nc2cccc3c2cc(C#CCNc2cccnc2C(C)(C)C#N)n3CC(F)(F)F)CC1. The lowest BCUT2D eigenvalue weighted by atomic mass is 9.89. The van der Waals surface area contributed by atoms with E-state index in [1.165, 1.54) is 4.57 Å². The molecule has 0 bridgehead atoms. The zero-order valence-electron chi connectivity index (χ0n) is 24.1. The molecular formula is C31H38F3N7. The number of anilines is 2. The summed E-state index contributed by atoms with van der Waals surface area (Å²) in [5.41, 5.74) is 2.09. The van der Waals surface area contributed by atoms with E-state index >= 15 is 0 Å². The van der Waals surface area contributed by atoms with Gasteiger partial charge in [0.1, 0.15) is 6.54 Å². The lowest BCUT2D eigenvalue weighted by Crippen LogP contribution is -2.41. The van der Waals surface area contributed by atoms with Gasteiger partial charge in [-0.05, 0) is 77.0 Å². The van der Waals surface area contributed by atoms with Crippen LogP contribution < -0.4 is 10.6 Å². The van der Waals surface area contributed by atoms with Crippen molar-refractivity contribution in [3.63, 3.8) is 0 Å². The van der Waals surface area contributed by atoms with E-state index < -0.39 is 18.1 Å². The van der Waals surface area contributed by atoms with Gasteiger partial charge in [-0.15, -0.1) is 0 Å². The molecular weight excluding hydrogens is 527 g/mol. The second-order valence-electron chi connectivity index (χ2n) is 11.3. The van der Waals surface area contributed by atoms with Gasteiger partial charge >= 0.3 is 6.18 Å². The summed E-state index contributed by atoms with van der Waals surface area (Å²) in [5.74, 6) is 5.92. The lowest BCUT2D eigenvalue weighted by Gasteiger charge is -2.33. The Morgan fingerprint density at radius 2 is 1.83 bits per heavy atom. The van der Waals surface area contributed by atoms with Crippen LogP contribution in [-0.2, 0) is 12.0 Å². The van der Waals surface area contributed by atoms with Gasteiger partial charge in [0.05, 0.1) is 40.6 Å². The summed E-state index contributed by atoms with van der Waals surface area (Å²) in [4.78, 5) is 8.98. The second-order valence-corrected chi connectivity index (χ2v) is 11.3.